The van der Waals surface area contributed by atoms with Crippen LogP contribution in [0, 0.1) is 0 Å². The van der Waals surface area contributed by atoms with Crippen molar-refractivity contribution < 1.29 is 17.9 Å². The van der Waals surface area contributed by atoms with Crippen molar-refractivity contribution in [1.82, 2.24) is 9.62 Å². The molecular weight excluding hydrogens is 316 g/mol. The molecular formula is C16H24N2O4S. The van der Waals surface area contributed by atoms with Crippen LogP contribution in [-0.4, -0.2) is 51.5 Å². The highest BCUT2D eigenvalue weighted by Gasteiger charge is 2.37. The molecule has 1 fully saturated rings. The predicted octanol–water partition coefficient (Wildman–Crippen LogP) is 1.38. The fourth-order valence-electron chi connectivity index (χ4n) is 2.73. The van der Waals surface area contributed by atoms with E-state index in [1.807, 2.05) is 0 Å². The largest absolute Gasteiger partial charge is 0.385 e. The summed E-state index contributed by atoms with van der Waals surface area (Å²) >= 11 is 0. The summed E-state index contributed by atoms with van der Waals surface area (Å²) in [5.74, 6) is -0.222. The number of rotatable bonds is 7. The number of hydrogen-bond acceptors (Lipinski definition) is 4. The molecule has 0 saturated carbocycles. The van der Waals surface area contributed by atoms with E-state index >= 15 is 0 Å². The molecule has 0 aromatic heterocycles. The van der Waals surface area contributed by atoms with Gasteiger partial charge in [-0.05, 0) is 31.4 Å². The Hall–Kier alpha value is -1.44. The number of carbonyl (C=O) groups excluding carboxylic acids is 1. The summed E-state index contributed by atoms with van der Waals surface area (Å²) in [6, 6.07) is 7.66. The Morgan fingerprint density at radius 1 is 1.30 bits per heavy atom. The Morgan fingerprint density at radius 3 is 2.74 bits per heavy atom. The number of sulfonamides is 1. The van der Waals surface area contributed by atoms with Gasteiger partial charge in [-0.1, -0.05) is 24.6 Å². The first-order chi connectivity index (χ1) is 11.1. The average molecular weight is 340 g/mol. The van der Waals surface area contributed by atoms with Gasteiger partial charge in [0.1, 0.15) is 6.04 Å². The molecule has 1 aliphatic rings. The fourth-order valence-corrected chi connectivity index (χ4v) is 4.41. The van der Waals surface area contributed by atoms with Crippen LogP contribution in [0.4, 0.5) is 0 Å². The summed E-state index contributed by atoms with van der Waals surface area (Å²) in [6.45, 7) is 1.44. The SMILES string of the molecule is COCCCNC(=O)C1CCCCN1S(=O)(=O)c1ccccc1. The van der Waals surface area contributed by atoms with Gasteiger partial charge in [0.15, 0.2) is 0 Å². The second-order valence-electron chi connectivity index (χ2n) is 5.58. The summed E-state index contributed by atoms with van der Waals surface area (Å²) in [6.07, 6.45) is 2.90. The third kappa shape index (κ3) is 4.53. The number of nitrogens with zero attached hydrogens (tertiary/aromatic N) is 1. The van der Waals surface area contributed by atoms with Gasteiger partial charge in [0.25, 0.3) is 0 Å². The standard InChI is InChI=1S/C16H24N2O4S/c1-22-13-7-11-17-16(19)15-10-5-6-12-18(15)23(20,21)14-8-3-2-4-9-14/h2-4,8-9,15H,5-7,10-13H2,1H3,(H,17,19). The third-order valence-corrected chi connectivity index (χ3v) is 5.85. The quantitative estimate of drug-likeness (QED) is 0.761. The molecule has 7 heteroatoms. The highest BCUT2D eigenvalue weighted by molar-refractivity contribution is 7.89. The van der Waals surface area contributed by atoms with E-state index in [0.717, 1.165) is 12.8 Å². The van der Waals surface area contributed by atoms with Gasteiger partial charge in [0.05, 0.1) is 4.90 Å². The zero-order chi connectivity index (χ0) is 16.7. The Bertz CT molecular complexity index is 604. The molecule has 1 atom stereocenters. The van der Waals surface area contributed by atoms with Gasteiger partial charge in [-0.2, -0.15) is 4.31 Å². The minimum absolute atomic E-state index is 0.222. The van der Waals surface area contributed by atoms with Crippen LogP contribution in [0.5, 0.6) is 0 Å². The van der Waals surface area contributed by atoms with Crippen LogP contribution < -0.4 is 5.32 Å². The van der Waals surface area contributed by atoms with Crippen molar-refractivity contribution in [2.75, 3.05) is 26.8 Å². The van der Waals surface area contributed by atoms with Gasteiger partial charge in [-0.25, -0.2) is 8.42 Å². The van der Waals surface area contributed by atoms with Crippen molar-refractivity contribution in [2.24, 2.45) is 0 Å². The van der Waals surface area contributed by atoms with Gasteiger partial charge in [0, 0.05) is 26.8 Å². The average Bonchev–Trinajstić information content (AvgIpc) is 2.59. The van der Waals surface area contributed by atoms with Gasteiger partial charge in [0.2, 0.25) is 15.9 Å². The first-order valence-electron chi connectivity index (χ1n) is 7.91. The lowest BCUT2D eigenvalue weighted by molar-refractivity contribution is -0.125. The minimum atomic E-state index is -3.64. The molecule has 1 aromatic rings. The van der Waals surface area contributed by atoms with Crippen molar-refractivity contribution in [3.05, 3.63) is 30.3 Å². The van der Waals surface area contributed by atoms with Crippen LogP contribution in [0.3, 0.4) is 0 Å². The molecule has 1 saturated heterocycles. The molecule has 0 radical (unpaired) electrons. The Balaban J connectivity index is 2.10. The highest BCUT2D eigenvalue weighted by Crippen LogP contribution is 2.25. The summed E-state index contributed by atoms with van der Waals surface area (Å²) < 4.78 is 31.9. The lowest BCUT2D eigenvalue weighted by atomic mass is 10.0. The zero-order valence-corrected chi connectivity index (χ0v) is 14.2. The summed E-state index contributed by atoms with van der Waals surface area (Å²) in [5, 5.41) is 2.82. The van der Waals surface area contributed by atoms with Crippen LogP contribution in [0.25, 0.3) is 0 Å². The Labute approximate surface area is 137 Å². The number of amides is 1. The summed E-state index contributed by atoms with van der Waals surface area (Å²) in [4.78, 5) is 12.6. The van der Waals surface area contributed by atoms with Crippen molar-refractivity contribution in [1.29, 1.82) is 0 Å². The number of ether oxygens (including phenoxy) is 1. The van der Waals surface area contributed by atoms with E-state index < -0.39 is 16.1 Å². The van der Waals surface area contributed by atoms with Crippen molar-refractivity contribution in [3.8, 4) is 0 Å². The molecule has 0 bridgehead atoms. The van der Waals surface area contributed by atoms with Crippen LogP contribution >= 0.6 is 0 Å². The molecule has 128 valence electrons. The number of hydrogen-bond donors (Lipinski definition) is 1. The van der Waals surface area contributed by atoms with E-state index in [0.29, 0.717) is 32.5 Å². The number of nitrogens with one attached hydrogen (secondary N) is 1. The molecule has 2 rings (SSSR count). The number of benzene rings is 1. The topological polar surface area (TPSA) is 75.7 Å². The van der Waals surface area contributed by atoms with Crippen molar-refractivity contribution in [3.63, 3.8) is 0 Å². The monoisotopic (exact) mass is 340 g/mol. The van der Waals surface area contributed by atoms with Crippen LogP contribution in [-0.2, 0) is 19.6 Å². The van der Waals surface area contributed by atoms with Gasteiger partial charge >= 0.3 is 0 Å². The van der Waals surface area contributed by atoms with E-state index in [9.17, 15) is 13.2 Å². The molecule has 1 aromatic carbocycles. The Kier molecular flexibility index (Phi) is 6.56. The maximum Gasteiger partial charge on any atom is 0.243 e. The minimum Gasteiger partial charge on any atom is -0.385 e. The molecule has 0 aliphatic carbocycles. The van der Waals surface area contributed by atoms with Crippen LogP contribution in [0.1, 0.15) is 25.7 Å². The van der Waals surface area contributed by atoms with Gasteiger partial charge < -0.3 is 10.1 Å². The highest BCUT2D eigenvalue weighted by atomic mass is 32.2. The second kappa shape index (κ2) is 8.42. The van der Waals surface area contributed by atoms with E-state index in [2.05, 4.69) is 5.32 Å². The van der Waals surface area contributed by atoms with E-state index in [1.165, 1.54) is 4.31 Å². The van der Waals surface area contributed by atoms with Crippen LogP contribution in [0.15, 0.2) is 35.2 Å². The zero-order valence-electron chi connectivity index (χ0n) is 13.4. The van der Waals surface area contributed by atoms with Crippen LogP contribution in [0.2, 0.25) is 0 Å². The van der Waals surface area contributed by atoms with Crippen molar-refractivity contribution in [2.45, 2.75) is 36.6 Å². The summed E-state index contributed by atoms with van der Waals surface area (Å²) in [5.41, 5.74) is 0. The maximum atomic E-state index is 12.8. The predicted molar refractivity (Wildman–Crippen MR) is 87.5 cm³/mol. The molecule has 1 amide bonds. The first kappa shape index (κ1) is 17.9. The van der Waals surface area contributed by atoms with Gasteiger partial charge in [-0.15, -0.1) is 0 Å². The maximum absolute atomic E-state index is 12.8. The van der Waals surface area contributed by atoms with E-state index in [4.69, 9.17) is 4.74 Å². The molecule has 1 aliphatic heterocycles. The first-order valence-corrected chi connectivity index (χ1v) is 9.35. The van der Waals surface area contributed by atoms with E-state index in [1.54, 1.807) is 37.4 Å². The summed E-state index contributed by atoms with van der Waals surface area (Å²) in [7, 11) is -2.04. The molecule has 23 heavy (non-hydrogen) atoms. The van der Waals surface area contributed by atoms with Gasteiger partial charge in [-0.3, -0.25) is 4.79 Å². The number of carbonyl (C=O) groups is 1. The molecule has 1 N–H and O–H groups in total. The van der Waals surface area contributed by atoms with Crippen molar-refractivity contribution >= 4 is 15.9 Å². The molecule has 0 spiro atoms. The lowest BCUT2D eigenvalue weighted by Crippen LogP contribution is -2.51. The number of piperidine rings is 1. The smallest absolute Gasteiger partial charge is 0.243 e. The third-order valence-electron chi connectivity index (χ3n) is 3.93. The number of methoxy groups -OCH3 is 1. The molecule has 1 unspecified atom stereocenters. The second-order valence-corrected chi connectivity index (χ2v) is 7.47. The molecule has 6 nitrogen and oxygen atoms in total. The normalized spacial score (nSPS) is 19.4. The molecule has 1 heterocycles. The van der Waals surface area contributed by atoms with E-state index in [-0.39, 0.29) is 10.8 Å². The Morgan fingerprint density at radius 2 is 2.04 bits per heavy atom. The fraction of sp³-hybridized carbons (Fsp3) is 0.562. The lowest BCUT2D eigenvalue weighted by Gasteiger charge is -2.33.